The molecule has 0 aliphatic heterocycles. The van der Waals surface area contributed by atoms with Gasteiger partial charge in [0.05, 0.1) is 0 Å². The van der Waals surface area contributed by atoms with E-state index in [9.17, 15) is 9.18 Å². The maximum atomic E-state index is 13.2. The molecule has 2 aromatic rings. The van der Waals surface area contributed by atoms with Crippen LogP contribution in [0.5, 0.6) is 0 Å². The summed E-state index contributed by atoms with van der Waals surface area (Å²) in [5.41, 5.74) is 0.607. The van der Waals surface area contributed by atoms with Crippen LogP contribution in [0.15, 0.2) is 41.3 Å². The minimum absolute atomic E-state index is 0. The van der Waals surface area contributed by atoms with Crippen LogP contribution in [0.1, 0.15) is 16.1 Å². The Balaban J connectivity index is 0.00000144. The Labute approximate surface area is 103 Å². The summed E-state index contributed by atoms with van der Waals surface area (Å²) in [6.45, 7) is 0.123. The van der Waals surface area contributed by atoms with Crippen LogP contribution in [0.2, 0.25) is 0 Å². The first-order valence-electron chi connectivity index (χ1n) is 4.67. The summed E-state index contributed by atoms with van der Waals surface area (Å²) in [6, 6.07) is 6.26. The highest BCUT2D eigenvalue weighted by molar-refractivity contribution is 5.91. The second kappa shape index (κ2) is 6.00. The molecule has 0 unspecified atom stereocenters. The van der Waals surface area contributed by atoms with Crippen LogP contribution < -0.4 is 5.32 Å². The molecule has 0 fully saturated rings. The van der Waals surface area contributed by atoms with Gasteiger partial charge in [-0.1, -0.05) is 18.2 Å². The van der Waals surface area contributed by atoms with Crippen molar-refractivity contribution in [1.82, 2.24) is 10.3 Å². The van der Waals surface area contributed by atoms with Crippen LogP contribution in [-0.4, -0.2) is 10.9 Å². The van der Waals surface area contributed by atoms with Gasteiger partial charge < -0.3 is 9.73 Å². The molecule has 1 heterocycles. The number of hydrogen-bond acceptors (Lipinski definition) is 3. The Bertz CT molecular complexity index is 488. The lowest BCUT2D eigenvalue weighted by Gasteiger charge is -2.03. The van der Waals surface area contributed by atoms with E-state index in [1.807, 2.05) is 0 Å². The molecule has 1 N–H and O–H groups in total. The van der Waals surface area contributed by atoms with Gasteiger partial charge in [0.1, 0.15) is 12.1 Å². The highest BCUT2D eigenvalue weighted by Gasteiger charge is 2.08. The predicted octanol–water partition coefficient (Wildman–Crippen LogP) is 2.17. The van der Waals surface area contributed by atoms with Gasteiger partial charge in [-0.15, -0.1) is 12.4 Å². The third-order valence-corrected chi connectivity index (χ3v) is 2.06. The molecule has 1 aromatic carbocycles. The van der Waals surface area contributed by atoms with Crippen molar-refractivity contribution in [2.24, 2.45) is 0 Å². The van der Waals surface area contributed by atoms with Gasteiger partial charge in [0.25, 0.3) is 5.91 Å². The molecule has 0 bridgehead atoms. The van der Waals surface area contributed by atoms with Crippen LogP contribution in [-0.2, 0) is 6.54 Å². The van der Waals surface area contributed by atoms with Gasteiger partial charge in [0, 0.05) is 12.1 Å². The summed E-state index contributed by atoms with van der Waals surface area (Å²) >= 11 is 0. The van der Waals surface area contributed by atoms with Crippen LogP contribution in [0.25, 0.3) is 0 Å². The van der Waals surface area contributed by atoms with Crippen molar-refractivity contribution >= 4 is 18.3 Å². The molecule has 0 radical (unpaired) electrons. The molecular formula is C11H10ClFN2O2. The molecule has 0 saturated heterocycles. The Morgan fingerprint density at radius 1 is 1.41 bits per heavy atom. The Kier molecular flexibility index (Phi) is 4.66. The molecule has 1 amide bonds. The lowest BCUT2D eigenvalue weighted by atomic mass is 10.2. The monoisotopic (exact) mass is 256 g/mol. The van der Waals surface area contributed by atoms with Crippen LogP contribution in [0, 0.1) is 5.82 Å². The number of rotatable bonds is 3. The van der Waals surface area contributed by atoms with Crippen molar-refractivity contribution in [3.8, 4) is 0 Å². The van der Waals surface area contributed by atoms with Gasteiger partial charge in [0.15, 0.2) is 12.1 Å². The Hall–Kier alpha value is -1.88. The molecule has 90 valence electrons. The van der Waals surface area contributed by atoms with E-state index in [4.69, 9.17) is 0 Å². The largest absolute Gasteiger partial charge is 0.451 e. The molecule has 0 aliphatic carbocycles. The van der Waals surface area contributed by atoms with Crippen molar-refractivity contribution in [3.63, 3.8) is 0 Å². The summed E-state index contributed by atoms with van der Waals surface area (Å²) in [5, 5.41) is 2.54. The van der Waals surface area contributed by atoms with E-state index < -0.39 is 5.91 Å². The number of benzene rings is 1. The molecule has 0 saturated carbocycles. The topological polar surface area (TPSA) is 55.1 Å². The van der Waals surface area contributed by atoms with Gasteiger partial charge in [-0.3, -0.25) is 4.79 Å². The fourth-order valence-electron chi connectivity index (χ4n) is 1.23. The second-order valence-corrected chi connectivity index (χ2v) is 3.15. The third kappa shape index (κ3) is 3.29. The van der Waals surface area contributed by atoms with E-state index >= 15 is 0 Å². The van der Waals surface area contributed by atoms with Crippen molar-refractivity contribution < 1.29 is 13.6 Å². The highest BCUT2D eigenvalue weighted by atomic mass is 35.5. The first kappa shape index (κ1) is 13.2. The number of amides is 1. The number of carbonyl (C=O) groups excluding carboxylic acids is 1. The van der Waals surface area contributed by atoms with Crippen molar-refractivity contribution in [2.45, 2.75) is 6.54 Å². The average Bonchev–Trinajstić information content (AvgIpc) is 2.81. The number of hydrogen-bond donors (Lipinski definition) is 1. The zero-order valence-electron chi connectivity index (χ0n) is 8.72. The van der Waals surface area contributed by atoms with Crippen molar-refractivity contribution in [3.05, 3.63) is 54.0 Å². The first-order valence-corrected chi connectivity index (χ1v) is 4.67. The molecule has 0 spiro atoms. The summed E-state index contributed by atoms with van der Waals surface area (Å²) in [4.78, 5) is 15.1. The van der Waals surface area contributed by atoms with Gasteiger partial charge in [-0.05, 0) is 6.07 Å². The molecule has 0 atom stereocenters. The van der Waals surface area contributed by atoms with E-state index in [1.54, 1.807) is 18.2 Å². The molecule has 4 nitrogen and oxygen atoms in total. The van der Waals surface area contributed by atoms with E-state index in [0.29, 0.717) is 5.56 Å². The third-order valence-electron chi connectivity index (χ3n) is 2.06. The number of nitrogens with one attached hydrogen (secondary N) is 1. The zero-order chi connectivity index (χ0) is 11.4. The summed E-state index contributed by atoms with van der Waals surface area (Å²) in [5.74, 6) is -0.736. The lowest BCUT2D eigenvalue weighted by molar-refractivity contribution is 0.0945. The quantitative estimate of drug-likeness (QED) is 0.916. The SMILES string of the molecule is Cl.O=C(NCc1ccccc1F)c1cocn1. The number of halogens is 2. The normalized spacial score (nSPS) is 9.47. The maximum absolute atomic E-state index is 13.2. The number of aromatic nitrogens is 1. The molecule has 6 heteroatoms. The van der Waals surface area contributed by atoms with E-state index in [0.717, 1.165) is 6.39 Å². The molecule has 1 aromatic heterocycles. The standard InChI is InChI=1S/C11H9FN2O2.ClH/c12-9-4-2-1-3-8(9)5-13-11(15)10-6-16-7-14-10;/h1-4,6-7H,5H2,(H,13,15);1H. The van der Waals surface area contributed by atoms with E-state index in [2.05, 4.69) is 14.7 Å². The minimum atomic E-state index is -0.392. The van der Waals surface area contributed by atoms with Gasteiger partial charge in [-0.25, -0.2) is 9.37 Å². The molecule has 0 aliphatic rings. The molecular weight excluding hydrogens is 247 g/mol. The van der Waals surface area contributed by atoms with Gasteiger partial charge >= 0.3 is 0 Å². The van der Waals surface area contributed by atoms with Crippen LogP contribution in [0.4, 0.5) is 4.39 Å². The van der Waals surface area contributed by atoms with Gasteiger partial charge in [0.2, 0.25) is 0 Å². The minimum Gasteiger partial charge on any atom is -0.451 e. The predicted molar refractivity (Wildman–Crippen MR) is 61.3 cm³/mol. The Morgan fingerprint density at radius 3 is 2.82 bits per heavy atom. The summed E-state index contributed by atoms with van der Waals surface area (Å²) in [6.07, 6.45) is 2.40. The van der Waals surface area contributed by atoms with Gasteiger partial charge in [-0.2, -0.15) is 0 Å². The number of nitrogens with zero attached hydrogens (tertiary/aromatic N) is 1. The first-order chi connectivity index (χ1) is 7.77. The Morgan fingerprint density at radius 2 is 2.18 bits per heavy atom. The van der Waals surface area contributed by atoms with Crippen LogP contribution >= 0.6 is 12.4 Å². The van der Waals surface area contributed by atoms with E-state index in [-0.39, 0.29) is 30.5 Å². The van der Waals surface area contributed by atoms with Crippen molar-refractivity contribution in [1.29, 1.82) is 0 Å². The summed E-state index contributed by atoms with van der Waals surface area (Å²) < 4.78 is 17.9. The fourth-order valence-corrected chi connectivity index (χ4v) is 1.23. The van der Waals surface area contributed by atoms with Crippen molar-refractivity contribution in [2.75, 3.05) is 0 Å². The highest BCUT2D eigenvalue weighted by Crippen LogP contribution is 2.05. The lowest BCUT2D eigenvalue weighted by Crippen LogP contribution is -2.23. The zero-order valence-corrected chi connectivity index (χ0v) is 9.54. The molecule has 17 heavy (non-hydrogen) atoms. The second-order valence-electron chi connectivity index (χ2n) is 3.15. The van der Waals surface area contributed by atoms with E-state index in [1.165, 1.54) is 12.3 Å². The van der Waals surface area contributed by atoms with Crippen LogP contribution in [0.3, 0.4) is 0 Å². The summed E-state index contributed by atoms with van der Waals surface area (Å²) in [7, 11) is 0. The smallest absolute Gasteiger partial charge is 0.273 e. The molecule has 2 rings (SSSR count). The average molecular weight is 257 g/mol. The maximum Gasteiger partial charge on any atom is 0.273 e. The number of oxazole rings is 1. The fraction of sp³-hybridized carbons (Fsp3) is 0.0909. The number of carbonyl (C=O) groups is 1.